The molecule has 0 aliphatic rings. The smallest absolute Gasteiger partial charge is 0.287 e. The van der Waals surface area contributed by atoms with Gasteiger partial charge in [0.2, 0.25) is 5.75 Å². The summed E-state index contributed by atoms with van der Waals surface area (Å²) >= 11 is 6.15. The van der Waals surface area contributed by atoms with Gasteiger partial charge >= 0.3 is 0 Å². The average Bonchev–Trinajstić information content (AvgIpc) is 3.03. The number of carbonyl (C=O) groups excluding carboxylic acids is 1. The van der Waals surface area contributed by atoms with Gasteiger partial charge in [-0.25, -0.2) is 0 Å². The molecule has 0 aliphatic heterocycles. The van der Waals surface area contributed by atoms with Gasteiger partial charge in [-0.2, -0.15) is 0 Å². The first-order valence-electron chi connectivity index (χ1n) is 8.25. The van der Waals surface area contributed by atoms with Crippen molar-refractivity contribution < 1.29 is 23.4 Å². The summed E-state index contributed by atoms with van der Waals surface area (Å²) in [5, 5.41) is 4.13. The van der Waals surface area contributed by atoms with Gasteiger partial charge in [0.05, 0.1) is 26.4 Å². The Balaban J connectivity index is 1.86. The molecule has 1 N–H and O–H groups in total. The predicted octanol–water partition coefficient (Wildman–Crippen LogP) is 4.35. The maximum Gasteiger partial charge on any atom is 0.287 e. The Morgan fingerprint density at radius 1 is 1.07 bits per heavy atom. The van der Waals surface area contributed by atoms with Crippen LogP contribution in [0.4, 0.5) is 0 Å². The normalized spacial score (nSPS) is 10.7. The highest BCUT2D eigenvalue weighted by molar-refractivity contribution is 6.35. The van der Waals surface area contributed by atoms with Gasteiger partial charge in [0, 0.05) is 23.1 Å². The number of hydrogen-bond donors (Lipinski definition) is 1. The second kappa shape index (κ2) is 7.80. The molecule has 0 saturated carbocycles. The molecule has 3 rings (SSSR count). The highest BCUT2D eigenvalue weighted by Crippen LogP contribution is 2.39. The van der Waals surface area contributed by atoms with Crippen molar-refractivity contribution >= 4 is 28.5 Å². The number of halogens is 1. The van der Waals surface area contributed by atoms with E-state index in [0.717, 1.165) is 16.5 Å². The second-order valence-corrected chi connectivity index (χ2v) is 6.26. The van der Waals surface area contributed by atoms with Gasteiger partial charge in [-0.15, -0.1) is 0 Å². The molecule has 142 valence electrons. The van der Waals surface area contributed by atoms with Crippen LogP contribution < -0.4 is 19.5 Å². The molecule has 0 radical (unpaired) electrons. The van der Waals surface area contributed by atoms with Gasteiger partial charge in [0.1, 0.15) is 0 Å². The van der Waals surface area contributed by atoms with Crippen molar-refractivity contribution in [3.8, 4) is 17.2 Å². The van der Waals surface area contributed by atoms with Crippen LogP contribution in [-0.4, -0.2) is 27.2 Å². The van der Waals surface area contributed by atoms with Crippen LogP contribution in [0.25, 0.3) is 11.0 Å². The van der Waals surface area contributed by atoms with Crippen LogP contribution in [0.5, 0.6) is 17.2 Å². The van der Waals surface area contributed by atoms with E-state index in [-0.39, 0.29) is 18.2 Å². The standard InChI is InChI=1S/C20H20ClNO5/c1-11-13-6-5-7-14(21)18(13)27-16(11)20(23)22-10-12-8-9-15(24-2)19(26-4)17(12)25-3/h5-9H,10H2,1-4H3,(H,22,23). The van der Waals surface area contributed by atoms with E-state index in [9.17, 15) is 4.79 Å². The number of rotatable bonds is 6. The lowest BCUT2D eigenvalue weighted by Gasteiger charge is -2.16. The summed E-state index contributed by atoms with van der Waals surface area (Å²) in [6.45, 7) is 2.06. The number of fused-ring (bicyclic) bond motifs is 1. The average molecular weight is 390 g/mol. The quantitative estimate of drug-likeness (QED) is 0.678. The van der Waals surface area contributed by atoms with Crippen LogP contribution in [0.3, 0.4) is 0 Å². The molecule has 0 bridgehead atoms. The summed E-state index contributed by atoms with van der Waals surface area (Å²) in [5.41, 5.74) is 1.99. The second-order valence-electron chi connectivity index (χ2n) is 5.85. The summed E-state index contributed by atoms with van der Waals surface area (Å²) in [7, 11) is 4.62. The summed E-state index contributed by atoms with van der Waals surface area (Å²) in [4.78, 5) is 12.7. The molecular weight excluding hydrogens is 370 g/mol. The van der Waals surface area contributed by atoms with Crippen LogP contribution in [0.15, 0.2) is 34.7 Å². The molecule has 0 fully saturated rings. The van der Waals surface area contributed by atoms with E-state index >= 15 is 0 Å². The molecule has 7 heteroatoms. The van der Waals surface area contributed by atoms with E-state index in [0.29, 0.717) is 27.9 Å². The molecule has 0 spiro atoms. The summed E-state index contributed by atoms with van der Waals surface area (Å²) in [6, 6.07) is 8.98. The van der Waals surface area contributed by atoms with Crippen LogP contribution in [0.2, 0.25) is 5.02 Å². The monoisotopic (exact) mass is 389 g/mol. The minimum absolute atomic E-state index is 0.229. The zero-order valence-corrected chi connectivity index (χ0v) is 16.3. The van der Waals surface area contributed by atoms with Crippen molar-refractivity contribution in [2.24, 2.45) is 0 Å². The van der Waals surface area contributed by atoms with E-state index in [1.807, 2.05) is 25.1 Å². The Morgan fingerprint density at radius 3 is 2.44 bits per heavy atom. The van der Waals surface area contributed by atoms with Crippen molar-refractivity contribution in [1.82, 2.24) is 5.32 Å². The Hall–Kier alpha value is -2.86. The van der Waals surface area contributed by atoms with Gasteiger partial charge in [-0.3, -0.25) is 4.79 Å². The molecule has 27 heavy (non-hydrogen) atoms. The first kappa shape index (κ1) is 18.9. The number of para-hydroxylation sites is 1. The Morgan fingerprint density at radius 2 is 1.81 bits per heavy atom. The molecule has 1 aromatic heterocycles. The number of ether oxygens (including phenoxy) is 3. The van der Waals surface area contributed by atoms with Crippen molar-refractivity contribution in [1.29, 1.82) is 0 Å². The Labute approximate surface area is 162 Å². The van der Waals surface area contributed by atoms with E-state index < -0.39 is 0 Å². The molecule has 0 saturated heterocycles. The van der Waals surface area contributed by atoms with Crippen molar-refractivity contribution in [3.63, 3.8) is 0 Å². The zero-order chi connectivity index (χ0) is 19.6. The van der Waals surface area contributed by atoms with Gasteiger partial charge in [-0.05, 0) is 25.1 Å². The number of benzene rings is 2. The molecule has 3 aromatic rings. The molecule has 0 atom stereocenters. The fraction of sp³-hybridized carbons (Fsp3) is 0.250. The Kier molecular flexibility index (Phi) is 5.46. The topological polar surface area (TPSA) is 69.9 Å². The fourth-order valence-electron chi connectivity index (χ4n) is 2.98. The van der Waals surface area contributed by atoms with E-state index in [1.165, 1.54) is 14.2 Å². The molecular formula is C20H20ClNO5. The minimum atomic E-state index is -0.336. The van der Waals surface area contributed by atoms with Crippen molar-refractivity contribution in [3.05, 3.63) is 52.2 Å². The third kappa shape index (κ3) is 3.40. The number of methoxy groups -OCH3 is 3. The fourth-order valence-corrected chi connectivity index (χ4v) is 3.20. The number of furan rings is 1. The third-order valence-electron chi connectivity index (χ3n) is 4.35. The Bertz CT molecular complexity index is 996. The van der Waals surface area contributed by atoms with Gasteiger partial charge < -0.3 is 23.9 Å². The highest BCUT2D eigenvalue weighted by atomic mass is 35.5. The lowest BCUT2D eigenvalue weighted by molar-refractivity contribution is 0.0924. The first-order chi connectivity index (χ1) is 13.0. The minimum Gasteiger partial charge on any atom is -0.493 e. The summed E-state index contributed by atoms with van der Waals surface area (Å²) in [5.74, 6) is 1.42. The van der Waals surface area contributed by atoms with Crippen LogP contribution in [0, 0.1) is 6.92 Å². The van der Waals surface area contributed by atoms with E-state index in [1.54, 1.807) is 19.2 Å². The van der Waals surface area contributed by atoms with Crippen LogP contribution in [-0.2, 0) is 6.54 Å². The molecule has 1 heterocycles. The summed E-state index contributed by atoms with van der Waals surface area (Å²) < 4.78 is 21.8. The number of amides is 1. The highest BCUT2D eigenvalue weighted by Gasteiger charge is 2.20. The van der Waals surface area contributed by atoms with Crippen LogP contribution >= 0.6 is 11.6 Å². The number of nitrogens with one attached hydrogen (secondary N) is 1. The zero-order valence-electron chi connectivity index (χ0n) is 15.5. The van der Waals surface area contributed by atoms with Gasteiger partial charge in [0.15, 0.2) is 22.8 Å². The molecule has 0 aliphatic carbocycles. The largest absolute Gasteiger partial charge is 0.493 e. The molecule has 0 unspecified atom stereocenters. The van der Waals surface area contributed by atoms with Gasteiger partial charge in [0.25, 0.3) is 5.91 Å². The van der Waals surface area contributed by atoms with Gasteiger partial charge in [-0.1, -0.05) is 23.7 Å². The predicted molar refractivity (Wildman–Crippen MR) is 103 cm³/mol. The van der Waals surface area contributed by atoms with Crippen molar-refractivity contribution in [2.45, 2.75) is 13.5 Å². The number of aryl methyl sites for hydroxylation is 1. The first-order valence-corrected chi connectivity index (χ1v) is 8.63. The molecule has 6 nitrogen and oxygen atoms in total. The lowest BCUT2D eigenvalue weighted by Crippen LogP contribution is -2.23. The molecule has 2 aromatic carbocycles. The van der Waals surface area contributed by atoms with Crippen molar-refractivity contribution in [2.75, 3.05) is 21.3 Å². The van der Waals surface area contributed by atoms with Crippen LogP contribution in [0.1, 0.15) is 21.7 Å². The lowest BCUT2D eigenvalue weighted by atomic mass is 10.1. The maximum absolute atomic E-state index is 12.7. The SMILES string of the molecule is COc1ccc(CNC(=O)c2oc3c(Cl)cccc3c2C)c(OC)c1OC. The number of carbonyl (C=O) groups is 1. The number of hydrogen-bond acceptors (Lipinski definition) is 5. The maximum atomic E-state index is 12.7. The third-order valence-corrected chi connectivity index (χ3v) is 4.64. The summed E-state index contributed by atoms with van der Waals surface area (Å²) in [6.07, 6.45) is 0. The van der Waals surface area contributed by atoms with E-state index in [4.69, 9.17) is 30.2 Å². The molecule has 1 amide bonds. The van der Waals surface area contributed by atoms with E-state index in [2.05, 4.69) is 5.32 Å².